The monoisotopic (exact) mass is 412 g/mol. The summed E-state index contributed by atoms with van der Waals surface area (Å²) in [6.07, 6.45) is 0. The lowest BCUT2D eigenvalue weighted by Gasteiger charge is -2.36. The molecule has 30 heavy (non-hydrogen) atoms. The summed E-state index contributed by atoms with van der Waals surface area (Å²) in [6.45, 7) is 6.18. The Morgan fingerprint density at radius 2 is 1.80 bits per heavy atom. The van der Waals surface area contributed by atoms with Crippen molar-refractivity contribution in [2.75, 3.05) is 43.5 Å². The first-order chi connectivity index (χ1) is 14.3. The Hall–Kier alpha value is -3.62. The predicted octanol–water partition coefficient (Wildman–Crippen LogP) is 2.51. The fourth-order valence-electron chi connectivity index (χ4n) is 3.46. The first kappa shape index (κ1) is 21.1. The summed E-state index contributed by atoms with van der Waals surface area (Å²) in [5, 5.41) is 13.4. The molecule has 3 rings (SSSR count). The van der Waals surface area contributed by atoms with Crippen LogP contribution in [-0.4, -0.2) is 54.9 Å². The van der Waals surface area contributed by atoms with E-state index in [9.17, 15) is 19.7 Å². The summed E-state index contributed by atoms with van der Waals surface area (Å²) in [7, 11) is 1.38. The molecule has 9 nitrogen and oxygen atoms in total. The minimum absolute atomic E-state index is 0.0825. The summed E-state index contributed by atoms with van der Waals surface area (Å²) in [5.74, 6) is -1.29. The van der Waals surface area contributed by atoms with E-state index in [0.29, 0.717) is 26.2 Å². The molecular formula is C21H24N4O5. The molecule has 0 bridgehead atoms. The Morgan fingerprint density at radius 1 is 1.10 bits per heavy atom. The van der Waals surface area contributed by atoms with E-state index in [1.807, 2.05) is 6.07 Å². The third-order valence-corrected chi connectivity index (χ3v) is 5.32. The molecule has 9 heteroatoms. The van der Waals surface area contributed by atoms with Crippen LogP contribution in [0, 0.1) is 24.0 Å². The number of piperazine rings is 1. The smallest absolute Gasteiger partial charge is 0.314 e. The number of carbonyl (C=O) groups excluding carboxylic acids is 2. The van der Waals surface area contributed by atoms with Crippen molar-refractivity contribution in [3.8, 4) is 5.75 Å². The van der Waals surface area contributed by atoms with Crippen molar-refractivity contribution in [2.24, 2.45) is 0 Å². The second-order valence-corrected chi connectivity index (χ2v) is 7.09. The summed E-state index contributed by atoms with van der Waals surface area (Å²) >= 11 is 0. The summed E-state index contributed by atoms with van der Waals surface area (Å²) in [6, 6.07) is 9.94. The van der Waals surface area contributed by atoms with E-state index in [4.69, 9.17) is 4.74 Å². The largest absolute Gasteiger partial charge is 0.495 e. The maximum absolute atomic E-state index is 12.6. The van der Waals surface area contributed by atoms with Gasteiger partial charge in [-0.1, -0.05) is 12.1 Å². The Morgan fingerprint density at radius 3 is 2.43 bits per heavy atom. The van der Waals surface area contributed by atoms with Crippen LogP contribution in [0.2, 0.25) is 0 Å². The lowest BCUT2D eigenvalue weighted by Crippen LogP contribution is -2.51. The van der Waals surface area contributed by atoms with E-state index in [-0.39, 0.29) is 17.1 Å². The van der Waals surface area contributed by atoms with Crippen molar-refractivity contribution < 1.29 is 19.2 Å². The summed E-state index contributed by atoms with van der Waals surface area (Å²) in [5.41, 5.74) is 3.41. The summed E-state index contributed by atoms with van der Waals surface area (Å²) in [4.78, 5) is 39.2. The van der Waals surface area contributed by atoms with Crippen LogP contribution in [0.4, 0.5) is 17.1 Å². The molecule has 2 amide bonds. The quantitative estimate of drug-likeness (QED) is 0.470. The zero-order chi connectivity index (χ0) is 21.8. The molecule has 1 saturated heterocycles. The lowest BCUT2D eigenvalue weighted by atomic mass is 10.1. The van der Waals surface area contributed by atoms with Crippen LogP contribution in [-0.2, 0) is 9.59 Å². The van der Waals surface area contributed by atoms with Crippen molar-refractivity contribution >= 4 is 28.9 Å². The number of amides is 2. The van der Waals surface area contributed by atoms with Gasteiger partial charge < -0.3 is 19.9 Å². The van der Waals surface area contributed by atoms with Crippen molar-refractivity contribution in [1.29, 1.82) is 0 Å². The van der Waals surface area contributed by atoms with Gasteiger partial charge in [-0.25, -0.2) is 0 Å². The molecule has 2 aromatic carbocycles. The number of nitrogens with one attached hydrogen (secondary N) is 1. The normalized spacial score (nSPS) is 13.7. The van der Waals surface area contributed by atoms with Crippen LogP contribution < -0.4 is 15.0 Å². The van der Waals surface area contributed by atoms with Gasteiger partial charge in [-0.15, -0.1) is 0 Å². The minimum atomic E-state index is -0.853. The zero-order valence-electron chi connectivity index (χ0n) is 17.2. The van der Waals surface area contributed by atoms with Crippen LogP contribution in [0.15, 0.2) is 36.4 Å². The first-order valence-corrected chi connectivity index (χ1v) is 9.55. The predicted molar refractivity (Wildman–Crippen MR) is 113 cm³/mol. The zero-order valence-corrected chi connectivity index (χ0v) is 17.2. The third kappa shape index (κ3) is 4.35. The molecule has 0 aromatic heterocycles. The Labute approximate surface area is 174 Å². The van der Waals surface area contributed by atoms with E-state index in [1.54, 1.807) is 0 Å². The van der Waals surface area contributed by atoms with Gasteiger partial charge in [0, 0.05) is 44.0 Å². The second-order valence-electron chi connectivity index (χ2n) is 7.09. The molecule has 0 saturated carbocycles. The van der Waals surface area contributed by atoms with Crippen LogP contribution >= 0.6 is 0 Å². The van der Waals surface area contributed by atoms with E-state index < -0.39 is 16.7 Å². The molecule has 158 valence electrons. The molecule has 0 unspecified atom stereocenters. The minimum Gasteiger partial charge on any atom is -0.495 e. The highest BCUT2D eigenvalue weighted by Crippen LogP contribution is 2.29. The highest BCUT2D eigenvalue weighted by Gasteiger charge is 2.27. The Kier molecular flexibility index (Phi) is 6.20. The molecule has 0 atom stereocenters. The number of carbonyl (C=O) groups is 2. The molecule has 0 aliphatic carbocycles. The first-order valence-electron chi connectivity index (χ1n) is 9.55. The summed E-state index contributed by atoms with van der Waals surface area (Å²) < 4.78 is 5.12. The SMILES string of the molecule is COc1ccc([N+](=O)[O-])cc1NC(=O)C(=O)N1CCN(c2cccc(C)c2C)CC1. The number of nitro benzene ring substituents is 1. The number of anilines is 2. The van der Waals surface area contributed by atoms with Gasteiger partial charge in [0.25, 0.3) is 5.69 Å². The molecule has 0 spiro atoms. The number of nitrogens with zero attached hydrogens (tertiary/aromatic N) is 3. The van der Waals surface area contributed by atoms with Crippen LogP contribution in [0.5, 0.6) is 5.75 Å². The van der Waals surface area contributed by atoms with Gasteiger partial charge in [-0.2, -0.15) is 0 Å². The third-order valence-electron chi connectivity index (χ3n) is 5.32. The number of ether oxygens (including phenoxy) is 1. The van der Waals surface area contributed by atoms with E-state index in [1.165, 1.54) is 41.3 Å². The van der Waals surface area contributed by atoms with Gasteiger partial charge in [0.1, 0.15) is 5.75 Å². The average molecular weight is 412 g/mol. The maximum Gasteiger partial charge on any atom is 0.314 e. The van der Waals surface area contributed by atoms with Crippen molar-refractivity contribution in [1.82, 2.24) is 4.90 Å². The Bertz CT molecular complexity index is 983. The number of rotatable bonds is 4. The van der Waals surface area contributed by atoms with Gasteiger partial charge in [0.05, 0.1) is 17.7 Å². The Balaban J connectivity index is 1.65. The highest BCUT2D eigenvalue weighted by molar-refractivity contribution is 6.39. The van der Waals surface area contributed by atoms with Gasteiger partial charge in [-0.05, 0) is 37.1 Å². The molecule has 1 N–H and O–H groups in total. The van der Waals surface area contributed by atoms with Gasteiger partial charge in [0.15, 0.2) is 0 Å². The fraction of sp³-hybridized carbons (Fsp3) is 0.333. The van der Waals surface area contributed by atoms with Gasteiger partial charge in [-0.3, -0.25) is 19.7 Å². The average Bonchev–Trinajstić information content (AvgIpc) is 2.75. The van der Waals surface area contributed by atoms with Crippen LogP contribution in [0.1, 0.15) is 11.1 Å². The van der Waals surface area contributed by atoms with E-state index >= 15 is 0 Å². The topological polar surface area (TPSA) is 105 Å². The highest BCUT2D eigenvalue weighted by atomic mass is 16.6. The fourth-order valence-corrected chi connectivity index (χ4v) is 3.46. The molecule has 1 aliphatic heterocycles. The number of benzene rings is 2. The lowest BCUT2D eigenvalue weighted by molar-refractivity contribution is -0.384. The second kappa shape index (κ2) is 8.81. The van der Waals surface area contributed by atoms with Crippen molar-refractivity contribution in [3.63, 3.8) is 0 Å². The molecule has 0 radical (unpaired) electrons. The molecule has 2 aromatic rings. The number of nitro groups is 1. The van der Waals surface area contributed by atoms with Crippen molar-refractivity contribution in [3.05, 3.63) is 57.6 Å². The standard InChI is InChI=1S/C21H24N4O5/c1-14-5-4-6-18(15(14)2)23-9-11-24(12-10-23)21(27)20(26)22-17-13-16(25(28)29)7-8-19(17)30-3/h4-8,13H,9-12H2,1-3H3,(H,22,26). The number of hydrogen-bond acceptors (Lipinski definition) is 6. The number of non-ortho nitro benzene ring substituents is 1. The van der Waals surface area contributed by atoms with Gasteiger partial charge in [0.2, 0.25) is 0 Å². The molecule has 1 aliphatic rings. The van der Waals surface area contributed by atoms with E-state index in [2.05, 4.69) is 36.2 Å². The van der Waals surface area contributed by atoms with Crippen LogP contribution in [0.3, 0.4) is 0 Å². The number of methoxy groups -OCH3 is 1. The van der Waals surface area contributed by atoms with Gasteiger partial charge >= 0.3 is 11.8 Å². The number of hydrogen-bond donors (Lipinski definition) is 1. The van der Waals surface area contributed by atoms with E-state index in [0.717, 1.165) is 5.69 Å². The molecular weight excluding hydrogens is 388 g/mol. The maximum atomic E-state index is 12.6. The van der Waals surface area contributed by atoms with Crippen molar-refractivity contribution in [2.45, 2.75) is 13.8 Å². The molecule has 1 heterocycles. The number of aryl methyl sites for hydroxylation is 1. The van der Waals surface area contributed by atoms with Crippen LogP contribution in [0.25, 0.3) is 0 Å². The molecule has 1 fully saturated rings.